The van der Waals surface area contributed by atoms with Crippen LogP contribution in [-0.2, 0) is 13.6 Å². The molecule has 0 bridgehead atoms. The quantitative estimate of drug-likeness (QED) is 0.684. The van der Waals surface area contributed by atoms with E-state index in [0.29, 0.717) is 6.54 Å². The van der Waals surface area contributed by atoms with Crippen LogP contribution in [0.2, 0.25) is 0 Å². The molecule has 0 saturated carbocycles. The lowest BCUT2D eigenvalue weighted by molar-refractivity contribution is 0.709. The fourth-order valence-corrected chi connectivity index (χ4v) is 1.48. The Balaban J connectivity index is 2.29. The molecular formula is C7H8N4OS. The summed E-state index contributed by atoms with van der Waals surface area (Å²) in [5, 5.41) is 0. The van der Waals surface area contributed by atoms with Gasteiger partial charge in [-0.1, -0.05) is 0 Å². The SMILES string of the molecule is Cn1ccn(Cc2cnsn2)c1=O. The molecule has 13 heavy (non-hydrogen) atoms. The van der Waals surface area contributed by atoms with Crippen molar-refractivity contribution in [1.82, 2.24) is 17.9 Å². The summed E-state index contributed by atoms with van der Waals surface area (Å²) >= 11 is 1.15. The lowest BCUT2D eigenvalue weighted by Gasteiger charge is -1.94. The van der Waals surface area contributed by atoms with E-state index in [9.17, 15) is 4.79 Å². The smallest absolute Gasteiger partial charge is 0.302 e. The van der Waals surface area contributed by atoms with Crippen molar-refractivity contribution in [3.63, 3.8) is 0 Å². The van der Waals surface area contributed by atoms with Crippen molar-refractivity contribution in [2.45, 2.75) is 6.54 Å². The van der Waals surface area contributed by atoms with Crippen LogP contribution in [0.3, 0.4) is 0 Å². The normalized spacial score (nSPS) is 10.5. The highest BCUT2D eigenvalue weighted by Crippen LogP contribution is 1.96. The molecule has 0 N–H and O–H groups in total. The van der Waals surface area contributed by atoms with E-state index in [1.54, 1.807) is 30.2 Å². The summed E-state index contributed by atoms with van der Waals surface area (Å²) in [5.41, 5.74) is 0.784. The molecule has 0 aromatic carbocycles. The molecule has 0 aliphatic heterocycles. The first-order chi connectivity index (χ1) is 6.27. The largest absolute Gasteiger partial charge is 0.328 e. The lowest BCUT2D eigenvalue weighted by atomic mass is 10.5. The van der Waals surface area contributed by atoms with Gasteiger partial charge in [-0.25, -0.2) is 4.79 Å². The Kier molecular flexibility index (Phi) is 1.97. The van der Waals surface area contributed by atoms with Gasteiger partial charge in [0.1, 0.15) is 0 Å². The average Bonchev–Trinajstić information content (AvgIpc) is 2.71. The maximum absolute atomic E-state index is 11.4. The Labute approximate surface area is 78.6 Å². The predicted molar refractivity (Wildman–Crippen MR) is 48.7 cm³/mol. The molecule has 2 aromatic heterocycles. The van der Waals surface area contributed by atoms with E-state index >= 15 is 0 Å². The third-order valence-electron chi connectivity index (χ3n) is 1.76. The number of nitrogens with zero attached hydrogens (tertiary/aromatic N) is 4. The molecule has 0 fully saturated rings. The zero-order valence-corrected chi connectivity index (χ0v) is 7.86. The van der Waals surface area contributed by atoms with Crippen molar-refractivity contribution < 1.29 is 0 Å². The zero-order chi connectivity index (χ0) is 9.26. The highest BCUT2D eigenvalue weighted by molar-refractivity contribution is 6.99. The Morgan fingerprint density at radius 1 is 1.54 bits per heavy atom. The van der Waals surface area contributed by atoms with E-state index in [1.165, 1.54) is 4.57 Å². The summed E-state index contributed by atoms with van der Waals surface area (Å²) < 4.78 is 11.0. The number of hydrogen-bond donors (Lipinski definition) is 0. The van der Waals surface area contributed by atoms with Gasteiger partial charge in [-0.2, -0.15) is 8.75 Å². The van der Waals surface area contributed by atoms with Crippen molar-refractivity contribution in [3.05, 3.63) is 34.8 Å². The molecular weight excluding hydrogens is 188 g/mol. The number of imidazole rings is 1. The highest BCUT2D eigenvalue weighted by Gasteiger charge is 2.02. The van der Waals surface area contributed by atoms with Crippen LogP contribution < -0.4 is 5.69 Å². The van der Waals surface area contributed by atoms with E-state index in [0.717, 1.165) is 17.4 Å². The fraction of sp³-hybridized carbons (Fsp3) is 0.286. The van der Waals surface area contributed by atoms with Gasteiger partial charge in [0.15, 0.2) is 0 Å². The first-order valence-corrected chi connectivity index (χ1v) is 4.48. The molecule has 0 atom stereocenters. The lowest BCUT2D eigenvalue weighted by Crippen LogP contribution is -2.22. The Bertz CT molecular complexity index is 441. The van der Waals surface area contributed by atoms with Crippen LogP contribution in [0.5, 0.6) is 0 Å². The summed E-state index contributed by atoms with van der Waals surface area (Å²) in [5.74, 6) is 0. The Hall–Kier alpha value is -1.43. The van der Waals surface area contributed by atoms with Crippen molar-refractivity contribution in [2.75, 3.05) is 0 Å². The third kappa shape index (κ3) is 1.52. The van der Waals surface area contributed by atoms with Gasteiger partial charge in [0.2, 0.25) is 0 Å². The van der Waals surface area contributed by atoms with Crippen LogP contribution in [0, 0.1) is 0 Å². The maximum atomic E-state index is 11.4. The van der Waals surface area contributed by atoms with Crippen molar-refractivity contribution >= 4 is 11.7 Å². The van der Waals surface area contributed by atoms with Gasteiger partial charge >= 0.3 is 5.69 Å². The molecule has 0 spiro atoms. The van der Waals surface area contributed by atoms with Crippen LogP contribution in [0.15, 0.2) is 23.4 Å². The molecule has 0 amide bonds. The van der Waals surface area contributed by atoms with E-state index < -0.39 is 0 Å². The topological polar surface area (TPSA) is 52.7 Å². The minimum absolute atomic E-state index is 0.0343. The molecule has 2 aromatic rings. The minimum atomic E-state index is -0.0343. The maximum Gasteiger partial charge on any atom is 0.328 e. The Morgan fingerprint density at radius 2 is 2.38 bits per heavy atom. The number of hydrogen-bond acceptors (Lipinski definition) is 4. The van der Waals surface area contributed by atoms with E-state index in [4.69, 9.17) is 0 Å². The molecule has 2 heterocycles. The van der Waals surface area contributed by atoms with Crippen molar-refractivity contribution in [3.8, 4) is 0 Å². The van der Waals surface area contributed by atoms with Gasteiger partial charge in [0, 0.05) is 19.4 Å². The summed E-state index contributed by atoms with van der Waals surface area (Å²) in [6.07, 6.45) is 5.13. The zero-order valence-electron chi connectivity index (χ0n) is 7.04. The standard InChI is InChI=1S/C7H8N4OS/c1-10-2-3-11(7(10)12)5-6-4-8-13-9-6/h2-4H,5H2,1H3. The summed E-state index contributed by atoms with van der Waals surface area (Å²) in [6.45, 7) is 0.496. The minimum Gasteiger partial charge on any atom is -0.302 e. The van der Waals surface area contributed by atoms with Gasteiger partial charge in [0.25, 0.3) is 0 Å². The van der Waals surface area contributed by atoms with Crippen molar-refractivity contribution in [2.24, 2.45) is 7.05 Å². The molecule has 2 rings (SSSR count). The molecule has 0 aliphatic carbocycles. The molecule has 6 heteroatoms. The fourth-order valence-electron chi connectivity index (χ4n) is 1.06. The van der Waals surface area contributed by atoms with Gasteiger partial charge in [-0.3, -0.25) is 4.57 Å². The van der Waals surface area contributed by atoms with Gasteiger partial charge in [-0.05, 0) is 0 Å². The second-order valence-electron chi connectivity index (χ2n) is 2.72. The van der Waals surface area contributed by atoms with Crippen LogP contribution in [0.25, 0.3) is 0 Å². The molecule has 0 unspecified atom stereocenters. The molecule has 0 aliphatic rings. The first kappa shape index (κ1) is 8.18. The van der Waals surface area contributed by atoms with Crippen LogP contribution in [0.4, 0.5) is 0 Å². The molecule has 0 saturated heterocycles. The number of aromatic nitrogens is 4. The van der Waals surface area contributed by atoms with Gasteiger partial charge in [0.05, 0.1) is 30.2 Å². The summed E-state index contributed by atoms with van der Waals surface area (Å²) in [7, 11) is 1.72. The second-order valence-corrected chi connectivity index (χ2v) is 3.27. The molecule has 0 radical (unpaired) electrons. The second kappa shape index (κ2) is 3.14. The number of aryl methyl sites for hydroxylation is 1. The van der Waals surface area contributed by atoms with Crippen LogP contribution in [-0.4, -0.2) is 17.9 Å². The summed E-state index contributed by atoms with van der Waals surface area (Å²) in [6, 6.07) is 0. The number of rotatable bonds is 2. The molecule has 68 valence electrons. The van der Waals surface area contributed by atoms with Crippen LogP contribution >= 0.6 is 11.7 Å². The molecule has 5 nitrogen and oxygen atoms in total. The van der Waals surface area contributed by atoms with Crippen molar-refractivity contribution in [1.29, 1.82) is 0 Å². The average molecular weight is 196 g/mol. The monoisotopic (exact) mass is 196 g/mol. The van der Waals surface area contributed by atoms with E-state index in [-0.39, 0.29) is 5.69 Å². The highest BCUT2D eigenvalue weighted by atomic mass is 32.1. The third-order valence-corrected chi connectivity index (χ3v) is 2.27. The van der Waals surface area contributed by atoms with E-state index in [2.05, 4.69) is 8.75 Å². The summed E-state index contributed by atoms with van der Waals surface area (Å²) in [4.78, 5) is 11.4. The first-order valence-electron chi connectivity index (χ1n) is 3.75. The van der Waals surface area contributed by atoms with Gasteiger partial charge < -0.3 is 4.57 Å². The van der Waals surface area contributed by atoms with Crippen LogP contribution in [0.1, 0.15) is 5.69 Å². The Morgan fingerprint density at radius 3 is 2.92 bits per heavy atom. The van der Waals surface area contributed by atoms with Gasteiger partial charge in [-0.15, -0.1) is 0 Å². The predicted octanol–water partition coefficient (Wildman–Crippen LogP) is 0.0866. The van der Waals surface area contributed by atoms with E-state index in [1.807, 2.05) is 0 Å².